The number of aromatic amines is 2. The van der Waals surface area contributed by atoms with Gasteiger partial charge in [0, 0.05) is 0 Å². The van der Waals surface area contributed by atoms with Gasteiger partial charge >= 0.3 is 0 Å². The third-order valence-electron chi connectivity index (χ3n) is 4.40. The van der Waals surface area contributed by atoms with E-state index in [0.29, 0.717) is 29.6 Å². The lowest BCUT2D eigenvalue weighted by Crippen LogP contribution is -2.05. The molecule has 0 spiro atoms. The number of nitrogens with zero attached hydrogens (tertiary/aromatic N) is 5. The third kappa shape index (κ3) is 2.60. The van der Waals surface area contributed by atoms with Crippen molar-refractivity contribution in [1.29, 1.82) is 0 Å². The fraction of sp³-hybridized carbons (Fsp3) is 0.167. The molecule has 0 saturated carbocycles. The highest BCUT2D eigenvalue weighted by atomic mass is 16.5. The largest absolute Gasteiger partial charge is 0.361 e. The summed E-state index contributed by atoms with van der Waals surface area (Å²) >= 11 is 0. The Kier molecular flexibility index (Phi) is 3.39. The SMILES string of the molecule is Cc1noc(C)c1-c1nc(NCc2nc3ccccc3[nH]2)c2[nH]cnc2n1. The van der Waals surface area contributed by atoms with Gasteiger partial charge in [-0.25, -0.2) is 19.9 Å². The second kappa shape index (κ2) is 5.90. The quantitative estimate of drug-likeness (QED) is 0.450. The highest BCUT2D eigenvalue weighted by Crippen LogP contribution is 2.27. The Balaban J connectivity index is 1.53. The van der Waals surface area contributed by atoms with Crippen molar-refractivity contribution >= 4 is 28.0 Å². The van der Waals surface area contributed by atoms with E-state index in [1.165, 1.54) is 0 Å². The van der Waals surface area contributed by atoms with E-state index in [-0.39, 0.29) is 0 Å². The van der Waals surface area contributed by atoms with Crippen LogP contribution in [0.5, 0.6) is 0 Å². The van der Waals surface area contributed by atoms with Crippen LogP contribution in [0.1, 0.15) is 17.3 Å². The Morgan fingerprint density at radius 3 is 2.81 bits per heavy atom. The van der Waals surface area contributed by atoms with Crippen LogP contribution in [0.4, 0.5) is 5.82 Å². The fourth-order valence-corrected chi connectivity index (χ4v) is 3.13. The normalized spacial score (nSPS) is 11.5. The van der Waals surface area contributed by atoms with Crippen LogP contribution in [0.3, 0.4) is 0 Å². The van der Waals surface area contributed by atoms with E-state index in [4.69, 9.17) is 4.52 Å². The molecule has 5 aromatic rings. The van der Waals surface area contributed by atoms with Crippen LogP contribution in [0.25, 0.3) is 33.6 Å². The van der Waals surface area contributed by atoms with Gasteiger partial charge in [-0.1, -0.05) is 17.3 Å². The second-order valence-electron chi connectivity index (χ2n) is 6.25. The summed E-state index contributed by atoms with van der Waals surface area (Å²) in [6.07, 6.45) is 1.60. The molecular weight excluding hydrogens is 344 g/mol. The number of rotatable bonds is 4. The number of nitrogens with one attached hydrogen (secondary N) is 3. The van der Waals surface area contributed by atoms with Crippen molar-refractivity contribution in [3.8, 4) is 11.4 Å². The van der Waals surface area contributed by atoms with Crippen LogP contribution in [-0.4, -0.2) is 35.1 Å². The maximum Gasteiger partial charge on any atom is 0.183 e. The lowest BCUT2D eigenvalue weighted by Gasteiger charge is -2.07. The molecule has 0 aliphatic rings. The van der Waals surface area contributed by atoms with Crippen LogP contribution in [0, 0.1) is 13.8 Å². The van der Waals surface area contributed by atoms with Crippen molar-refractivity contribution in [3.63, 3.8) is 0 Å². The van der Waals surface area contributed by atoms with Crippen molar-refractivity contribution < 1.29 is 4.52 Å². The van der Waals surface area contributed by atoms with Crippen LogP contribution in [0.15, 0.2) is 35.1 Å². The highest BCUT2D eigenvalue weighted by molar-refractivity contribution is 5.85. The molecule has 0 aliphatic heterocycles. The van der Waals surface area contributed by atoms with E-state index < -0.39 is 0 Å². The van der Waals surface area contributed by atoms with Gasteiger partial charge in [-0.05, 0) is 26.0 Å². The van der Waals surface area contributed by atoms with E-state index in [9.17, 15) is 0 Å². The summed E-state index contributed by atoms with van der Waals surface area (Å²) in [4.78, 5) is 24.5. The lowest BCUT2D eigenvalue weighted by molar-refractivity contribution is 0.393. The molecule has 0 fully saturated rings. The van der Waals surface area contributed by atoms with Crippen molar-refractivity contribution in [3.05, 3.63) is 47.9 Å². The van der Waals surface area contributed by atoms with Crippen molar-refractivity contribution in [2.24, 2.45) is 0 Å². The number of fused-ring (bicyclic) bond motifs is 2. The van der Waals surface area contributed by atoms with Gasteiger partial charge < -0.3 is 19.8 Å². The standard InChI is InChI=1S/C18H16N8O/c1-9-14(10(2)27-26-9)16-24-17(15-18(25-16)21-8-20-15)19-7-13-22-11-5-3-4-6-12(11)23-13/h3-6,8H,7H2,1-2H3,(H,22,23)(H2,19,20,21,24,25). The first kappa shape index (κ1) is 15.5. The number of para-hydroxylation sites is 2. The van der Waals surface area contributed by atoms with Crippen molar-refractivity contribution in [2.45, 2.75) is 20.4 Å². The number of aryl methyl sites for hydroxylation is 2. The first-order valence-corrected chi connectivity index (χ1v) is 8.51. The van der Waals surface area contributed by atoms with Gasteiger partial charge in [-0.2, -0.15) is 0 Å². The summed E-state index contributed by atoms with van der Waals surface area (Å²) < 4.78 is 5.25. The maximum atomic E-state index is 5.25. The zero-order chi connectivity index (χ0) is 18.4. The molecule has 0 radical (unpaired) electrons. The van der Waals surface area contributed by atoms with E-state index in [1.54, 1.807) is 6.33 Å². The average molecular weight is 360 g/mol. The molecule has 0 aliphatic carbocycles. The molecule has 3 N–H and O–H groups in total. The van der Waals surface area contributed by atoms with Gasteiger partial charge in [0.1, 0.15) is 17.1 Å². The van der Waals surface area contributed by atoms with Gasteiger partial charge in [-0.15, -0.1) is 0 Å². The molecule has 27 heavy (non-hydrogen) atoms. The van der Waals surface area contributed by atoms with Gasteiger partial charge in [0.05, 0.1) is 35.2 Å². The van der Waals surface area contributed by atoms with Crippen LogP contribution >= 0.6 is 0 Å². The molecule has 9 heteroatoms. The monoisotopic (exact) mass is 360 g/mol. The molecule has 4 aromatic heterocycles. The van der Waals surface area contributed by atoms with Crippen molar-refractivity contribution in [1.82, 2.24) is 35.1 Å². The Morgan fingerprint density at radius 1 is 1.11 bits per heavy atom. The summed E-state index contributed by atoms with van der Waals surface area (Å²) in [6, 6.07) is 7.92. The number of hydrogen-bond acceptors (Lipinski definition) is 7. The van der Waals surface area contributed by atoms with E-state index in [2.05, 4.69) is 40.4 Å². The molecule has 5 rings (SSSR count). The van der Waals surface area contributed by atoms with Crippen molar-refractivity contribution in [2.75, 3.05) is 5.32 Å². The van der Waals surface area contributed by atoms with Crippen LogP contribution < -0.4 is 5.32 Å². The Labute approximate surface area is 153 Å². The minimum atomic E-state index is 0.487. The summed E-state index contributed by atoms with van der Waals surface area (Å²) in [5, 5.41) is 7.31. The predicted molar refractivity (Wildman–Crippen MR) is 100 cm³/mol. The molecule has 9 nitrogen and oxygen atoms in total. The highest BCUT2D eigenvalue weighted by Gasteiger charge is 2.18. The number of anilines is 1. The molecule has 0 atom stereocenters. The smallest absolute Gasteiger partial charge is 0.183 e. The third-order valence-corrected chi connectivity index (χ3v) is 4.40. The lowest BCUT2D eigenvalue weighted by atomic mass is 10.2. The Bertz CT molecular complexity index is 1210. The molecule has 4 heterocycles. The minimum absolute atomic E-state index is 0.487. The fourth-order valence-electron chi connectivity index (χ4n) is 3.13. The maximum absolute atomic E-state index is 5.25. The van der Waals surface area contributed by atoms with Gasteiger partial charge in [0.15, 0.2) is 17.3 Å². The number of imidazole rings is 2. The molecule has 1 aromatic carbocycles. The van der Waals surface area contributed by atoms with Gasteiger partial charge in [-0.3, -0.25) is 0 Å². The number of benzene rings is 1. The first-order valence-electron chi connectivity index (χ1n) is 8.51. The summed E-state index contributed by atoms with van der Waals surface area (Å²) in [5.41, 5.74) is 4.77. The number of aromatic nitrogens is 7. The second-order valence-corrected chi connectivity index (χ2v) is 6.25. The average Bonchev–Trinajstić information content (AvgIpc) is 3.37. The molecular formula is C18H16N8O. The van der Waals surface area contributed by atoms with E-state index in [0.717, 1.165) is 33.6 Å². The molecule has 0 unspecified atom stereocenters. The van der Waals surface area contributed by atoms with Crippen LogP contribution in [0.2, 0.25) is 0 Å². The molecule has 0 saturated heterocycles. The first-order chi connectivity index (χ1) is 13.2. The van der Waals surface area contributed by atoms with Crippen LogP contribution in [-0.2, 0) is 6.54 Å². The summed E-state index contributed by atoms with van der Waals surface area (Å²) in [7, 11) is 0. The Morgan fingerprint density at radius 2 is 2.00 bits per heavy atom. The molecule has 0 bridgehead atoms. The summed E-state index contributed by atoms with van der Waals surface area (Å²) in [5.74, 6) is 2.66. The zero-order valence-corrected chi connectivity index (χ0v) is 14.7. The number of H-pyrrole nitrogens is 2. The molecule has 0 amide bonds. The molecule has 134 valence electrons. The minimum Gasteiger partial charge on any atom is -0.361 e. The zero-order valence-electron chi connectivity index (χ0n) is 14.7. The summed E-state index contributed by atoms with van der Waals surface area (Å²) in [6.45, 7) is 4.20. The van der Waals surface area contributed by atoms with Gasteiger partial charge in [0.2, 0.25) is 0 Å². The Hall–Kier alpha value is -3.75. The predicted octanol–water partition coefficient (Wildman–Crippen LogP) is 3.11. The van der Waals surface area contributed by atoms with E-state index in [1.807, 2.05) is 38.1 Å². The number of hydrogen-bond donors (Lipinski definition) is 3. The van der Waals surface area contributed by atoms with Gasteiger partial charge in [0.25, 0.3) is 0 Å². The van der Waals surface area contributed by atoms with E-state index >= 15 is 0 Å². The topological polar surface area (TPSA) is 121 Å².